The van der Waals surface area contributed by atoms with Crippen LogP contribution >= 0.6 is 0 Å². The number of aryl methyl sites for hydroxylation is 1. The molecule has 16 heavy (non-hydrogen) atoms. The van der Waals surface area contributed by atoms with Crippen LogP contribution in [0.1, 0.15) is 18.2 Å². The maximum atomic E-state index is 4.34. The van der Waals surface area contributed by atoms with Gasteiger partial charge in [-0.2, -0.15) is 0 Å². The number of likely N-dealkylation sites (N-methyl/N-ethyl adjacent to an activating group) is 1. The van der Waals surface area contributed by atoms with Crippen LogP contribution in [0.3, 0.4) is 0 Å². The molecular weight excluding hydrogens is 198 g/mol. The van der Waals surface area contributed by atoms with Crippen molar-refractivity contribution in [3.05, 3.63) is 36.2 Å². The molecule has 0 saturated carbocycles. The highest BCUT2D eigenvalue weighted by atomic mass is 15.1. The first-order valence-electron chi connectivity index (χ1n) is 5.67. The van der Waals surface area contributed by atoms with Crippen LogP contribution in [-0.4, -0.2) is 25.1 Å². The van der Waals surface area contributed by atoms with Crippen LogP contribution in [-0.2, 0) is 6.54 Å². The van der Waals surface area contributed by atoms with Crippen LogP contribution in [0.2, 0.25) is 0 Å². The van der Waals surface area contributed by atoms with E-state index in [1.165, 1.54) is 11.3 Å². The first-order valence-corrected chi connectivity index (χ1v) is 5.67. The summed E-state index contributed by atoms with van der Waals surface area (Å²) in [5.74, 6) is 0. The molecule has 88 valence electrons. The van der Waals surface area contributed by atoms with Crippen LogP contribution in [0.25, 0.3) is 0 Å². The Morgan fingerprint density at radius 2 is 2.31 bits per heavy atom. The molecule has 1 N–H and O–H groups in total. The molecule has 1 aromatic rings. The number of hydrogen-bond donors (Lipinski definition) is 1. The average molecular weight is 219 g/mol. The second-order valence-electron chi connectivity index (χ2n) is 3.90. The van der Waals surface area contributed by atoms with Crippen LogP contribution in [0.15, 0.2) is 24.9 Å². The van der Waals surface area contributed by atoms with Gasteiger partial charge >= 0.3 is 0 Å². The minimum atomic E-state index is 0.850. The van der Waals surface area contributed by atoms with Crippen LogP contribution in [0, 0.1) is 6.92 Å². The van der Waals surface area contributed by atoms with E-state index in [-0.39, 0.29) is 0 Å². The molecule has 0 amide bonds. The van der Waals surface area contributed by atoms with Crippen molar-refractivity contribution in [2.75, 3.05) is 25.0 Å². The molecule has 3 heteroatoms. The SMILES string of the molecule is C=CCN(C)c1cc(C)ncc1CNCC. The van der Waals surface area contributed by atoms with Gasteiger partial charge in [0.25, 0.3) is 0 Å². The molecule has 0 aliphatic rings. The molecule has 0 radical (unpaired) electrons. The number of anilines is 1. The quantitative estimate of drug-likeness (QED) is 0.743. The van der Waals surface area contributed by atoms with E-state index in [2.05, 4.69) is 41.8 Å². The lowest BCUT2D eigenvalue weighted by Gasteiger charge is -2.21. The smallest absolute Gasteiger partial charge is 0.0445 e. The van der Waals surface area contributed by atoms with Crippen molar-refractivity contribution in [1.82, 2.24) is 10.3 Å². The predicted molar refractivity (Wildman–Crippen MR) is 69.8 cm³/mol. The number of hydrogen-bond acceptors (Lipinski definition) is 3. The fraction of sp³-hybridized carbons (Fsp3) is 0.462. The highest BCUT2D eigenvalue weighted by Crippen LogP contribution is 2.19. The lowest BCUT2D eigenvalue weighted by Crippen LogP contribution is -2.21. The first kappa shape index (κ1) is 12.7. The molecule has 0 atom stereocenters. The van der Waals surface area contributed by atoms with E-state index in [4.69, 9.17) is 0 Å². The van der Waals surface area contributed by atoms with Gasteiger partial charge in [-0.15, -0.1) is 6.58 Å². The third-order valence-corrected chi connectivity index (χ3v) is 2.48. The third kappa shape index (κ3) is 3.35. The van der Waals surface area contributed by atoms with Crippen molar-refractivity contribution in [2.45, 2.75) is 20.4 Å². The Morgan fingerprint density at radius 1 is 1.56 bits per heavy atom. The van der Waals surface area contributed by atoms with Gasteiger partial charge in [-0.25, -0.2) is 0 Å². The van der Waals surface area contributed by atoms with Crippen molar-refractivity contribution in [3.63, 3.8) is 0 Å². The Kier molecular flexibility index (Phi) is 4.99. The monoisotopic (exact) mass is 219 g/mol. The highest BCUT2D eigenvalue weighted by Gasteiger charge is 2.06. The van der Waals surface area contributed by atoms with Crippen molar-refractivity contribution < 1.29 is 0 Å². The van der Waals surface area contributed by atoms with Gasteiger partial charge in [0.15, 0.2) is 0 Å². The fourth-order valence-corrected chi connectivity index (χ4v) is 1.62. The van der Waals surface area contributed by atoms with Gasteiger partial charge in [0.05, 0.1) is 0 Å². The first-order chi connectivity index (χ1) is 7.69. The summed E-state index contributed by atoms with van der Waals surface area (Å²) in [7, 11) is 2.08. The van der Waals surface area contributed by atoms with E-state index in [9.17, 15) is 0 Å². The Balaban J connectivity index is 2.92. The zero-order valence-electron chi connectivity index (χ0n) is 10.5. The Bertz CT molecular complexity index is 347. The number of pyridine rings is 1. The Morgan fingerprint density at radius 3 is 2.94 bits per heavy atom. The molecular formula is C13H21N3. The van der Waals surface area contributed by atoms with E-state index in [1.54, 1.807) is 0 Å². The molecule has 0 aliphatic heterocycles. The number of rotatable bonds is 6. The zero-order chi connectivity index (χ0) is 12.0. The molecule has 1 aromatic heterocycles. The van der Waals surface area contributed by atoms with Crippen molar-refractivity contribution in [3.8, 4) is 0 Å². The minimum absolute atomic E-state index is 0.850. The van der Waals surface area contributed by atoms with E-state index >= 15 is 0 Å². The number of nitrogens with one attached hydrogen (secondary N) is 1. The highest BCUT2D eigenvalue weighted by molar-refractivity contribution is 5.53. The van der Waals surface area contributed by atoms with Crippen LogP contribution in [0.5, 0.6) is 0 Å². The summed E-state index contributed by atoms with van der Waals surface area (Å²) in [5, 5.41) is 3.33. The Hall–Kier alpha value is -1.35. The number of nitrogens with zero attached hydrogens (tertiary/aromatic N) is 2. The lowest BCUT2D eigenvalue weighted by molar-refractivity contribution is 0.721. The zero-order valence-corrected chi connectivity index (χ0v) is 10.5. The predicted octanol–water partition coefficient (Wildman–Crippen LogP) is 2.12. The maximum absolute atomic E-state index is 4.34. The second-order valence-corrected chi connectivity index (χ2v) is 3.90. The van der Waals surface area contributed by atoms with E-state index in [0.29, 0.717) is 0 Å². The largest absolute Gasteiger partial charge is 0.371 e. The summed E-state index contributed by atoms with van der Waals surface area (Å²) in [6.07, 6.45) is 3.86. The van der Waals surface area contributed by atoms with Gasteiger partial charge in [0, 0.05) is 43.3 Å². The van der Waals surface area contributed by atoms with Gasteiger partial charge in [0.1, 0.15) is 0 Å². The van der Waals surface area contributed by atoms with Gasteiger partial charge in [0.2, 0.25) is 0 Å². The maximum Gasteiger partial charge on any atom is 0.0445 e. The molecule has 0 aliphatic carbocycles. The summed E-state index contributed by atoms with van der Waals surface area (Å²) in [4.78, 5) is 6.53. The van der Waals surface area contributed by atoms with Gasteiger partial charge in [-0.3, -0.25) is 4.98 Å². The summed E-state index contributed by atoms with van der Waals surface area (Å²) in [5.41, 5.74) is 3.51. The van der Waals surface area contributed by atoms with Gasteiger partial charge in [-0.1, -0.05) is 13.0 Å². The van der Waals surface area contributed by atoms with Crippen LogP contribution < -0.4 is 10.2 Å². The molecule has 1 rings (SSSR count). The van der Waals surface area contributed by atoms with E-state index in [1.807, 2.05) is 19.2 Å². The summed E-state index contributed by atoms with van der Waals surface area (Å²) >= 11 is 0. The molecule has 0 saturated heterocycles. The Labute approximate surface area is 98.2 Å². The normalized spacial score (nSPS) is 10.2. The van der Waals surface area contributed by atoms with E-state index < -0.39 is 0 Å². The molecule has 0 fully saturated rings. The molecule has 0 unspecified atom stereocenters. The molecule has 0 spiro atoms. The second kappa shape index (κ2) is 6.28. The van der Waals surface area contributed by atoms with Gasteiger partial charge < -0.3 is 10.2 Å². The standard InChI is InChI=1S/C13H21N3/c1-5-7-16(4)13-8-11(3)15-10-12(13)9-14-6-2/h5,8,10,14H,1,6-7,9H2,2-4H3. The molecule has 1 heterocycles. The fourth-order valence-electron chi connectivity index (χ4n) is 1.62. The van der Waals surface area contributed by atoms with Crippen molar-refractivity contribution in [2.24, 2.45) is 0 Å². The number of aromatic nitrogens is 1. The molecule has 0 bridgehead atoms. The third-order valence-electron chi connectivity index (χ3n) is 2.48. The topological polar surface area (TPSA) is 28.2 Å². The lowest BCUT2D eigenvalue weighted by atomic mass is 10.2. The summed E-state index contributed by atoms with van der Waals surface area (Å²) < 4.78 is 0. The average Bonchev–Trinajstić information content (AvgIpc) is 2.27. The molecule has 3 nitrogen and oxygen atoms in total. The van der Waals surface area contributed by atoms with Crippen LogP contribution in [0.4, 0.5) is 5.69 Å². The summed E-state index contributed by atoms with van der Waals surface area (Å²) in [6.45, 7) is 10.6. The minimum Gasteiger partial charge on any atom is -0.371 e. The van der Waals surface area contributed by atoms with Gasteiger partial charge in [-0.05, 0) is 19.5 Å². The molecule has 0 aromatic carbocycles. The van der Waals surface area contributed by atoms with Crippen molar-refractivity contribution in [1.29, 1.82) is 0 Å². The summed E-state index contributed by atoms with van der Waals surface area (Å²) in [6, 6.07) is 2.12. The van der Waals surface area contributed by atoms with E-state index in [0.717, 1.165) is 25.3 Å². The van der Waals surface area contributed by atoms with Crippen molar-refractivity contribution >= 4 is 5.69 Å².